The molecule has 1 aliphatic heterocycles. The Kier molecular flexibility index (Phi) is 4.79. The van der Waals surface area contributed by atoms with Crippen molar-refractivity contribution in [3.8, 4) is 0 Å². The minimum Gasteiger partial charge on any atom is -0.465 e. The molecule has 2 heterocycles. The van der Waals surface area contributed by atoms with Crippen LogP contribution in [0, 0.1) is 5.92 Å². The lowest BCUT2D eigenvalue weighted by Crippen LogP contribution is -2.30. The molecule has 0 atom stereocenters. The third-order valence-electron chi connectivity index (χ3n) is 3.61. The van der Waals surface area contributed by atoms with Crippen LogP contribution in [0.15, 0.2) is 12.3 Å². The van der Waals surface area contributed by atoms with Gasteiger partial charge in [0.15, 0.2) is 5.82 Å². The number of pyridine rings is 1. The predicted octanol–water partition coefficient (Wildman–Crippen LogP) is 1.31. The van der Waals surface area contributed by atoms with E-state index in [0.717, 1.165) is 32.6 Å². The molecule has 6 heteroatoms. The fourth-order valence-corrected chi connectivity index (χ4v) is 2.46. The fraction of sp³-hybridized carbons (Fsp3) is 0.571. The molecule has 0 amide bonds. The van der Waals surface area contributed by atoms with Crippen LogP contribution in [-0.4, -0.2) is 44.9 Å². The summed E-state index contributed by atoms with van der Waals surface area (Å²) >= 11 is 0. The molecular weight excluding hydrogens is 258 g/mol. The van der Waals surface area contributed by atoms with Gasteiger partial charge in [-0.1, -0.05) is 0 Å². The predicted molar refractivity (Wildman–Crippen MR) is 76.8 cm³/mol. The second kappa shape index (κ2) is 6.56. The van der Waals surface area contributed by atoms with Gasteiger partial charge >= 0.3 is 5.97 Å². The molecule has 2 N–H and O–H groups in total. The molecule has 0 spiro atoms. The molecule has 1 aromatic rings. The van der Waals surface area contributed by atoms with Gasteiger partial charge in [-0.15, -0.1) is 0 Å². The molecule has 1 fully saturated rings. The zero-order valence-corrected chi connectivity index (χ0v) is 12.0. The lowest BCUT2D eigenvalue weighted by molar-refractivity contribution is 0.0602. The third-order valence-corrected chi connectivity index (χ3v) is 3.61. The molecule has 20 heavy (non-hydrogen) atoms. The second-order valence-corrected chi connectivity index (χ2v) is 5.02. The van der Waals surface area contributed by atoms with E-state index < -0.39 is 5.97 Å². The van der Waals surface area contributed by atoms with Gasteiger partial charge in [-0.05, 0) is 24.8 Å². The Morgan fingerprint density at radius 1 is 1.55 bits per heavy atom. The van der Waals surface area contributed by atoms with Crippen molar-refractivity contribution in [1.82, 2.24) is 4.98 Å². The Bertz CT molecular complexity index is 473. The van der Waals surface area contributed by atoms with Crippen LogP contribution in [-0.2, 0) is 9.47 Å². The van der Waals surface area contributed by atoms with Crippen molar-refractivity contribution in [2.75, 3.05) is 44.5 Å². The molecule has 1 aromatic heterocycles. The Morgan fingerprint density at radius 2 is 2.25 bits per heavy atom. The quantitative estimate of drug-likeness (QED) is 0.837. The summed E-state index contributed by atoms with van der Waals surface area (Å²) in [5, 5.41) is 0. The highest BCUT2D eigenvalue weighted by Crippen LogP contribution is 2.26. The maximum Gasteiger partial charge on any atom is 0.340 e. The zero-order valence-electron chi connectivity index (χ0n) is 12.0. The molecule has 0 saturated carbocycles. The van der Waals surface area contributed by atoms with Gasteiger partial charge in [0.25, 0.3) is 0 Å². The number of methoxy groups -OCH3 is 1. The van der Waals surface area contributed by atoms with E-state index in [9.17, 15) is 4.79 Å². The molecule has 0 radical (unpaired) electrons. The number of aromatic nitrogens is 1. The number of nitrogens with zero attached hydrogens (tertiary/aromatic N) is 2. The fourth-order valence-electron chi connectivity index (χ4n) is 2.46. The number of nitrogen functional groups attached to an aromatic ring is 1. The largest absolute Gasteiger partial charge is 0.465 e. The smallest absolute Gasteiger partial charge is 0.340 e. The number of carbonyl (C=O) groups excluding carboxylic acids is 1. The highest BCUT2D eigenvalue weighted by atomic mass is 16.5. The van der Waals surface area contributed by atoms with Gasteiger partial charge in [0.2, 0.25) is 0 Å². The summed E-state index contributed by atoms with van der Waals surface area (Å²) in [6, 6.07) is 1.58. The standard InChI is InChI=1S/C14H21N3O3/c1-17(9-10-4-7-20-8-5-10)13-12(15)11(3-6-16-13)14(18)19-2/h3,6,10H,4-5,7-9,15H2,1-2H3. The highest BCUT2D eigenvalue weighted by molar-refractivity contribution is 5.97. The first-order chi connectivity index (χ1) is 9.63. The number of rotatable bonds is 4. The van der Waals surface area contributed by atoms with E-state index in [4.69, 9.17) is 15.2 Å². The molecule has 2 rings (SSSR count). The summed E-state index contributed by atoms with van der Waals surface area (Å²) < 4.78 is 10.1. The summed E-state index contributed by atoms with van der Waals surface area (Å²) in [6.07, 6.45) is 3.67. The van der Waals surface area contributed by atoms with E-state index >= 15 is 0 Å². The normalized spacial score (nSPS) is 15.9. The van der Waals surface area contributed by atoms with Crippen LogP contribution in [0.3, 0.4) is 0 Å². The van der Waals surface area contributed by atoms with E-state index in [1.165, 1.54) is 7.11 Å². The van der Waals surface area contributed by atoms with Crippen LogP contribution in [0.4, 0.5) is 11.5 Å². The molecule has 1 aliphatic rings. The van der Waals surface area contributed by atoms with Crippen LogP contribution in [0.1, 0.15) is 23.2 Å². The number of anilines is 2. The maximum atomic E-state index is 11.6. The van der Waals surface area contributed by atoms with E-state index in [0.29, 0.717) is 23.0 Å². The Morgan fingerprint density at radius 3 is 2.90 bits per heavy atom. The number of ether oxygens (including phenoxy) is 2. The maximum absolute atomic E-state index is 11.6. The molecule has 0 bridgehead atoms. The van der Waals surface area contributed by atoms with E-state index in [-0.39, 0.29) is 0 Å². The van der Waals surface area contributed by atoms with Gasteiger partial charge in [0.05, 0.1) is 18.4 Å². The van der Waals surface area contributed by atoms with Crippen LogP contribution >= 0.6 is 0 Å². The Hall–Kier alpha value is -1.82. The molecule has 0 unspecified atom stereocenters. The van der Waals surface area contributed by atoms with Gasteiger partial charge in [-0.2, -0.15) is 0 Å². The van der Waals surface area contributed by atoms with Crippen LogP contribution in [0.25, 0.3) is 0 Å². The zero-order chi connectivity index (χ0) is 14.5. The lowest BCUT2D eigenvalue weighted by Gasteiger charge is -2.28. The van der Waals surface area contributed by atoms with Gasteiger partial charge < -0.3 is 20.1 Å². The van der Waals surface area contributed by atoms with Crippen molar-refractivity contribution in [2.45, 2.75) is 12.8 Å². The van der Waals surface area contributed by atoms with E-state index in [2.05, 4.69) is 4.98 Å². The first kappa shape index (κ1) is 14.6. The highest BCUT2D eigenvalue weighted by Gasteiger charge is 2.20. The molecular formula is C14H21N3O3. The first-order valence-corrected chi connectivity index (χ1v) is 6.75. The Labute approximate surface area is 118 Å². The van der Waals surface area contributed by atoms with Gasteiger partial charge in [-0.25, -0.2) is 9.78 Å². The minimum absolute atomic E-state index is 0.358. The monoisotopic (exact) mass is 279 g/mol. The average Bonchev–Trinajstić information content (AvgIpc) is 2.47. The number of esters is 1. The minimum atomic E-state index is -0.439. The van der Waals surface area contributed by atoms with Crippen LogP contribution in [0.5, 0.6) is 0 Å². The number of hydrogen-bond acceptors (Lipinski definition) is 6. The van der Waals surface area contributed by atoms with E-state index in [1.807, 2.05) is 11.9 Å². The summed E-state index contributed by atoms with van der Waals surface area (Å²) in [6.45, 7) is 2.47. The van der Waals surface area contributed by atoms with Gasteiger partial charge in [0.1, 0.15) is 0 Å². The third kappa shape index (κ3) is 3.19. The van der Waals surface area contributed by atoms with Crippen LogP contribution < -0.4 is 10.6 Å². The van der Waals surface area contributed by atoms with Crippen molar-refractivity contribution in [3.63, 3.8) is 0 Å². The molecule has 1 saturated heterocycles. The number of nitrogens with two attached hydrogens (primary N) is 1. The molecule has 0 aromatic carbocycles. The SMILES string of the molecule is COC(=O)c1ccnc(N(C)CC2CCOCC2)c1N. The summed E-state index contributed by atoms with van der Waals surface area (Å²) in [4.78, 5) is 17.9. The Balaban J connectivity index is 2.12. The van der Waals surface area contributed by atoms with Crippen LogP contribution in [0.2, 0.25) is 0 Å². The lowest BCUT2D eigenvalue weighted by atomic mass is 10.00. The number of hydrogen-bond donors (Lipinski definition) is 1. The molecule has 110 valence electrons. The topological polar surface area (TPSA) is 77.7 Å². The molecule has 6 nitrogen and oxygen atoms in total. The van der Waals surface area contributed by atoms with Gasteiger partial charge in [-0.3, -0.25) is 0 Å². The summed E-state index contributed by atoms with van der Waals surface area (Å²) in [5.41, 5.74) is 6.76. The van der Waals surface area contributed by atoms with Crippen molar-refractivity contribution in [3.05, 3.63) is 17.8 Å². The van der Waals surface area contributed by atoms with Crippen molar-refractivity contribution in [2.24, 2.45) is 5.92 Å². The first-order valence-electron chi connectivity index (χ1n) is 6.75. The van der Waals surface area contributed by atoms with Crippen molar-refractivity contribution < 1.29 is 14.3 Å². The van der Waals surface area contributed by atoms with E-state index in [1.54, 1.807) is 12.3 Å². The van der Waals surface area contributed by atoms with Crippen molar-refractivity contribution >= 4 is 17.5 Å². The molecule has 0 aliphatic carbocycles. The van der Waals surface area contributed by atoms with Crippen molar-refractivity contribution in [1.29, 1.82) is 0 Å². The summed E-state index contributed by atoms with van der Waals surface area (Å²) in [7, 11) is 3.28. The number of carbonyl (C=O) groups is 1. The summed E-state index contributed by atoms with van der Waals surface area (Å²) in [5.74, 6) is 0.752. The average molecular weight is 279 g/mol. The second-order valence-electron chi connectivity index (χ2n) is 5.02. The van der Waals surface area contributed by atoms with Gasteiger partial charge in [0, 0.05) is 33.0 Å².